The van der Waals surface area contributed by atoms with Crippen LogP contribution in [0, 0.1) is 0 Å². The van der Waals surface area contributed by atoms with E-state index in [2.05, 4.69) is 9.97 Å². The predicted molar refractivity (Wildman–Crippen MR) is 95.5 cm³/mol. The van der Waals surface area contributed by atoms with E-state index in [0.29, 0.717) is 31.1 Å². The number of nitrogens with zero attached hydrogens (tertiary/aromatic N) is 3. The van der Waals surface area contributed by atoms with Gasteiger partial charge in [-0.2, -0.15) is 18.2 Å². The minimum atomic E-state index is -4.56. The monoisotopic (exact) mass is 401 g/mol. The fraction of sp³-hybridized carbons (Fsp3) is 0.444. The first kappa shape index (κ1) is 19.5. The summed E-state index contributed by atoms with van der Waals surface area (Å²) in [5.74, 6) is 0.968. The van der Waals surface area contributed by atoms with Crippen LogP contribution in [0.25, 0.3) is 0 Å². The van der Waals surface area contributed by atoms with Crippen LogP contribution in [0.5, 0.6) is 11.5 Å². The lowest BCUT2D eigenvalue weighted by Crippen LogP contribution is -2.42. The van der Waals surface area contributed by atoms with Gasteiger partial charge in [0, 0.05) is 12.7 Å². The highest BCUT2D eigenvalue weighted by Crippen LogP contribution is 2.37. The van der Waals surface area contributed by atoms with Crippen LogP contribution in [0.1, 0.15) is 25.3 Å². The van der Waals surface area contributed by atoms with Crippen molar-refractivity contribution in [2.75, 3.05) is 24.6 Å². The van der Waals surface area contributed by atoms with Crippen molar-refractivity contribution in [3.05, 3.63) is 41.3 Å². The molecule has 1 unspecified atom stereocenters. The minimum absolute atomic E-state index is 0.214. The third kappa shape index (κ3) is 4.74. The summed E-state index contributed by atoms with van der Waals surface area (Å²) < 4.78 is 51.5. The van der Waals surface area contributed by atoms with Crippen molar-refractivity contribution in [3.8, 4) is 11.5 Å². The van der Waals surface area contributed by atoms with E-state index in [1.807, 2.05) is 19.1 Å². The molecule has 9 heteroatoms. The van der Waals surface area contributed by atoms with Crippen molar-refractivity contribution < 1.29 is 22.6 Å². The third-order valence-electron chi connectivity index (χ3n) is 4.16. The maximum absolute atomic E-state index is 13.3. The normalized spacial score (nSPS) is 17.7. The number of anilines is 1. The molecule has 1 aliphatic rings. The highest BCUT2D eigenvalue weighted by Gasteiger charge is 2.38. The molecule has 0 saturated carbocycles. The van der Waals surface area contributed by atoms with Gasteiger partial charge >= 0.3 is 6.18 Å². The molecule has 2 aromatic rings. The van der Waals surface area contributed by atoms with Crippen molar-refractivity contribution in [1.82, 2.24) is 9.97 Å². The number of ether oxygens (including phenoxy) is 2. The van der Waals surface area contributed by atoms with Crippen LogP contribution in [-0.4, -0.2) is 35.8 Å². The van der Waals surface area contributed by atoms with E-state index in [1.54, 1.807) is 17.0 Å². The molecule has 3 rings (SSSR count). The summed E-state index contributed by atoms with van der Waals surface area (Å²) in [4.78, 5) is 8.86. The van der Waals surface area contributed by atoms with E-state index >= 15 is 0 Å². The van der Waals surface area contributed by atoms with Gasteiger partial charge < -0.3 is 14.4 Å². The SMILES string of the molecule is CCOc1ccccc1OC1CCCN(c2nc(Cl)ncc2C(F)(F)F)C1. The second-order valence-electron chi connectivity index (χ2n) is 6.08. The summed E-state index contributed by atoms with van der Waals surface area (Å²) in [7, 11) is 0. The Morgan fingerprint density at radius 3 is 2.70 bits per heavy atom. The molecule has 1 atom stereocenters. The summed E-state index contributed by atoms with van der Waals surface area (Å²) in [6.45, 7) is 3.06. The highest BCUT2D eigenvalue weighted by molar-refractivity contribution is 6.28. The quantitative estimate of drug-likeness (QED) is 0.685. The Bertz CT molecular complexity index is 789. The Kier molecular flexibility index (Phi) is 5.94. The number of hydrogen-bond acceptors (Lipinski definition) is 5. The standard InChI is InChI=1S/C18H19ClF3N3O2/c1-2-26-14-7-3-4-8-15(14)27-12-6-5-9-25(11-12)16-13(18(20,21)22)10-23-17(19)24-16/h3-4,7-8,10,12H,2,5-6,9,11H2,1H3. The van der Waals surface area contributed by atoms with Crippen LogP contribution < -0.4 is 14.4 Å². The van der Waals surface area contributed by atoms with Crippen LogP contribution in [0.4, 0.5) is 19.0 Å². The molecule has 5 nitrogen and oxygen atoms in total. The lowest BCUT2D eigenvalue weighted by atomic mass is 10.1. The van der Waals surface area contributed by atoms with Crippen LogP contribution in [0.3, 0.4) is 0 Å². The zero-order chi connectivity index (χ0) is 19.4. The number of benzene rings is 1. The molecule has 1 saturated heterocycles. The maximum Gasteiger partial charge on any atom is 0.421 e. The molecule has 27 heavy (non-hydrogen) atoms. The summed E-state index contributed by atoms with van der Waals surface area (Å²) in [6, 6.07) is 7.24. The number of hydrogen-bond donors (Lipinski definition) is 0. The molecule has 0 radical (unpaired) electrons. The van der Waals surface area contributed by atoms with E-state index < -0.39 is 11.7 Å². The van der Waals surface area contributed by atoms with Crippen LogP contribution in [0.15, 0.2) is 30.5 Å². The van der Waals surface area contributed by atoms with Gasteiger partial charge in [0.05, 0.1) is 13.2 Å². The zero-order valence-electron chi connectivity index (χ0n) is 14.7. The van der Waals surface area contributed by atoms with E-state index in [1.165, 1.54) is 0 Å². The Morgan fingerprint density at radius 2 is 2.00 bits per heavy atom. The number of piperidine rings is 1. The number of alkyl halides is 3. The van der Waals surface area contributed by atoms with Gasteiger partial charge in [0.1, 0.15) is 17.5 Å². The van der Waals surface area contributed by atoms with Gasteiger partial charge in [-0.15, -0.1) is 0 Å². The Balaban J connectivity index is 1.81. The molecule has 146 valence electrons. The molecule has 2 heterocycles. The Labute approximate surface area is 160 Å². The van der Waals surface area contributed by atoms with Gasteiger partial charge in [0.2, 0.25) is 5.28 Å². The van der Waals surface area contributed by atoms with Crippen LogP contribution >= 0.6 is 11.6 Å². The van der Waals surface area contributed by atoms with E-state index in [-0.39, 0.29) is 23.8 Å². The molecular formula is C18H19ClF3N3O2. The van der Waals surface area contributed by atoms with Gasteiger partial charge in [-0.05, 0) is 43.5 Å². The van der Waals surface area contributed by atoms with Gasteiger partial charge in [0.25, 0.3) is 0 Å². The molecular weight excluding hydrogens is 383 g/mol. The van der Waals surface area contributed by atoms with Crippen molar-refractivity contribution in [3.63, 3.8) is 0 Å². The summed E-state index contributed by atoms with van der Waals surface area (Å²) in [5, 5.41) is -0.220. The topological polar surface area (TPSA) is 47.5 Å². The smallest absolute Gasteiger partial charge is 0.421 e. The zero-order valence-corrected chi connectivity index (χ0v) is 15.4. The first-order valence-electron chi connectivity index (χ1n) is 8.61. The Hall–Kier alpha value is -2.22. The second-order valence-corrected chi connectivity index (χ2v) is 6.42. The molecule has 1 aliphatic heterocycles. The minimum Gasteiger partial charge on any atom is -0.490 e. The van der Waals surface area contributed by atoms with Crippen molar-refractivity contribution in [2.24, 2.45) is 0 Å². The molecule has 1 aromatic heterocycles. The fourth-order valence-electron chi connectivity index (χ4n) is 3.02. The average Bonchev–Trinajstić information content (AvgIpc) is 2.63. The predicted octanol–water partition coefficient (Wildman–Crippen LogP) is 4.60. The van der Waals surface area contributed by atoms with Gasteiger partial charge in [0.15, 0.2) is 11.5 Å². The fourth-order valence-corrected chi connectivity index (χ4v) is 3.15. The maximum atomic E-state index is 13.3. The van der Waals surface area contributed by atoms with E-state index in [4.69, 9.17) is 21.1 Å². The summed E-state index contributed by atoms with van der Waals surface area (Å²) in [5.41, 5.74) is -0.901. The molecule has 0 aliphatic carbocycles. The number of halogens is 4. The summed E-state index contributed by atoms with van der Waals surface area (Å²) >= 11 is 5.74. The lowest BCUT2D eigenvalue weighted by Gasteiger charge is -2.35. The number of para-hydroxylation sites is 2. The first-order valence-corrected chi connectivity index (χ1v) is 8.99. The van der Waals surface area contributed by atoms with Gasteiger partial charge in [-0.3, -0.25) is 0 Å². The molecule has 0 spiro atoms. The summed E-state index contributed by atoms with van der Waals surface area (Å²) in [6.07, 6.45) is -2.75. The Morgan fingerprint density at radius 1 is 1.26 bits per heavy atom. The molecule has 1 fully saturated rings. The first-order chi connectivity index (χ1) is 12.9. The van der Waals surface area contributed by atoms with Gasteiger partial charge in [-0.25, -0.2) is 4.98 Å². The van der Waals surface area contributed by atoms with Crippen molar-refractivity contribution >= 4 is 17.4 Å². The average molecular weight is 402 g/mol. The van der Waals surface area contributed by atoms with E-state index in [9.17, 15) is 13.2 Å². The lowest BCUT2D eigenvalue weighted by molar-refractivity contribution is -0.137. The largest absolute Gasteiger partial charge is 0.490 e. The van der Waals surface area contributed by atoms with Crippen LogP contribution in [0.2, 0.25) is 5.28 Å². The van der Waals surface area contributed by atoms with E-state index in [0.717, 1.165) is 12.6 Å². The highest BCUT2D eigenvalue weighted by atomic mass is 35.5. The molecule has 0 amide bonds. The van der Waals surface area contributed by atoms with Crippen LogP contribution in [-0.2, 0) is 6.18 Å². The number of rotatable bonds is 5. The third-order valence-corrected chi connectivity index (χ3v) is 4.35. The molecule has 1 aromatic carbocycles. The molecule has 0 bridgehead atoms. The second kappa shape index (κ2) is 8.21. The molecule has 0 N–H and O–H groups in total. The van der Waals surface area contributed by atoms with Crippen molar-refractivity contribution in [2.45, 2.75) is 32.0 Å². The van der Waals surface area contributed by atoms with Crippen molar-refractivity contribution in [1.29, 1.82) is 0 Å². The number of aromatic nitrogens is 2. The van der Waals surface area contributed by atoms with Gasteiger partial charge in [-0.1, -0.05) is 12.1 Å².